The number of hydrogen-bond acceptors (Lipinski definition) is 21. The minimum absolute atomic E-state index is 0. The maximum absolute atomic E-state index is 12.9. The van der Waals surface area contributed by atoms with Crippen LogP contribution >= 0.6 is 0 Å². The van der Waals surface area contributed by atoms with Crippen LogP contribution in [0.15, 0.2) is 101 Å². The number of nitrogen functional groups attached to an aromatic ring is 1. The number of anilines is 7. The van der Waals surface area contributed by atoms with Crippen molar-refractivity contribution in [2.24, 2.45) is 0 Å². The van der Waals surface area contributed by atoms with Crippen molar-refractivity contribution in [2.75, 3.05) is 78.8 Å². The molecule has 6 aromatic rings. The van der Waals surface area contributed by atoms with Gasteiger partial charge in [-0.25, -0.2) is 16.8 Å². The van der Waals surface area contributed by atoms with Crippen LogP contribution in [0.1, 0.15) is 11.1 Å². The van der Waals surface area contributed by atoms with Crippen molar-refractivity contribution in [3.8, 4) is 22.8 Å². The molecule has 0 amide bonds. The van der Waals surface area contributed by atoms with Gasteiger partial charge in [-0.3, -0.25) is 0 Å². The first-order valence-corrected chi connectivity index (χ1v) is 21.8. The number of para-hydroxylation sites is 2. The van der Waals surface area contributed by atoms with Gasteiger partial charge in [-0.05, 0) is 47.5 Å². The number of benzene rings is 4. The number of aromatic nitrogens is 6. The van der Waals surface area contributed by atoms with Crippen molar-refractivity contribution < 1.29 is 105 Å². The van der Waals surface area contributed by atoms with Crippen LogP contribution in [-0.4, -0.2) is 129 Å². The normalized spacial score (nSPS) is 11.4. The third kappa shape index (κ3) is 13.9. The van der Waals surface area contributed by atoms with E-state index in [-0.39, 0.29) is 169 Å². The maximum Gasteiger partial charge on any atom is 1.00 e. The van der Waals surface area contributed by atoms with E-state index >= 15 is 0 Å². The molecule has 8 N–H and O–H groups in total. The minimum atomic E-state index is -5.36. The Morgan fingerprint density at radius 3 is 1.48 bits per heavy atom. The van der Waals surface area contributed by atoms with Crippen molar-refractivity contribution in [3.05, 3.63) is 102 Å². The molecule has 6 rings (SSSR count). The fourth-order valence-electron chi connectivity index (χ4n) is 6.21. The molecule has 0 saturated heterocycles. The summed E-state index contributed by atoms with van der Waals surface area (Å²) < 4.78 is 76.8. The molecular weight excluding hydrogens is 905 g/mol. The van der Waals surface area contributed by atoms with Gasteiger partial charge in [0.15, 0.2) is 11.6 Å². The van der Waals surface area contributed by atoms with Crippen molar-refractivity contribution in [2.45, 2.75) is 9.79 Å². The summed E-state index contributed by atoms with van der Waals surface area (Å²) in [6.07, 6.45) is 2.22. The molecular formula is C40H41N11Na2O10S2. The van der Waals surface area contributed by atoms with Gasteiger partial charge in [0.25, 0.3) is 0 Å². The van der Waals surface area contributed by atoms with Crippen molar-refractivity contribution >= 4 is 73.2 Å². The Labute approximate surface area is 418 Å². The van der Waals surface area contributed by atoms with Gasteiger partial charge >= 0.3 is 59.1 Å². The fraction of sp³-hybridized carbons (Fsp3) is 0.200. The third-order valence-corrected chi connectivity index (χ3v) is 10.9. The van der Waals surface area contributed by atoms with Crippen LogP contribution in [-0.2, 0) is 20.2 Å². The molecule has 0 radical (unpaired) electrons. The van der Waals surface area contributed by atoms with Crippen LogP contribution in [0, 0.1) is 0 Å². The van der Waals surface area contributed by atoms with E-state index in [9.17, 15) is 46.4 Å². The van der Waals surface area contributed by atoms with Crippen LogP contribution in [0.5, 0.6) is 0 Å². The first-order valence-electron chi connectivity index (χ1n) is 19.0. The zero-order valence-electron chi connectivity index (χ0n) is 35.2. The predicted octanol–water partition coefficient (Wildman–Crippen LogP) is -3.97. The van der Waals surface area contributed by atoms with Gasteiger partial charge in [0.05, 0.1) is 41.9 Å². The molecule has 0 aliphatic rings. The predicted molar refractivity (Wildman–Crippen MR) is 232 cm³/mol. The largest absolute Gasteiger partial charge is 1.00 e. The van der Waals surface area contributed by atoms with Gasteiger partial charge in [-0.1, -0.05) is 66.7 Å². The second-order valence-electron chi connectivity index (χ2n) is 13.4. The van der Waals surface area contributed by atoms with E-state index in [4.69, 9.17) is 5.73 Å². The van der Waals surface area contributed by atoms with E-state index in [1.807, 2.05) is 0 Å². The summed E-state index contributed by atoms with van der Waals surface area (Å²) in [7, 11) is -10.6. The quantitative estimate of drug-likeness (QED) is 0.0166. The summed E-state index contributed by atoms with van der Waals surface area (Å²) >= 11 is 0. The number of hydrogen-bond donors (Lipinski definition) is 7. The number of nitrogens with zero attached hydrogens (tertiary/aromatic N) is 8. The summed E-state index contributed by atoms with van der Waals surface area (Å²) in [5.74, 6) is -0.245. The first-order chi connectivity index (χ1) is 30.2. The van der Waals surface area contributed by atoms with Gasteiger partial charge in [0, 0.05) is 48.7 Å². The molecule has 0 unspecified atom stereocenters. The molecule has 0 saturated carbocycles. The van der Waals surface area contributed by atoms with Crippen LogP contribution in [0.3, 0.4) is 0 Å². The van der Waals surface area contributed by atoms with Gasteiger partial charge in [-0.2, -0.15) is 29.9 Å². The standard InChI is InChI=1S/C40H43N11O10S2.2Na/c41-33-31(36-45-38(43-30-9-5-2-6-10-30)49-40(47-36)51(19-23-54)20-24-55)16-15-27(34(33)63(59,60)61)13-11-26-12-14-28(25-32(26)62(56,57)58)35-44-37(42-29-7-3-1-4-8-29)48-39(46-35)50(17-21-52)18-22-53;;/h1-16,25,52-55H,17-24,41H2,(H,56,57,58)(H,59,60,61)(H,42,44,46,48)(H,43,45,47,49);;/q;2*+1/p-2. The molecule has 0 fully saturated rings. The van der Waals surface area contributed by atoms with Gasteiger partial charge in [-0.15, -0.1) is 0 Å². The second kappa shape index (κ2) is 24.2. The maximum atomic E-state index is 12.9. The van der Waals surface area contributed by atoms with E-state index < -0.39 is 35.7 Å². The van der Waals surface area contributed by atoms with Crippen LogP contribution in [0.25, 0.3) is 34.9 Å². The Morgan fingerprint density at radius 2 is 1.02 bits per heavy atom. The molecule has 0 aliphatic heterocycles. The number of nitrogens with two attached hydrogens (primary N) is 1. The van der Waals surface area contributed by atoms with Crippen LogP contribution in [0.2, 0.25) is 0 Å². The summed E-state index contributed by atoms with van der Waals surface area (Å²) in [6.45, 7) is -1.21. The number of nitrogens with one attached hydrogen (secondary N) is 2. The SMILES string of the molecule is Nc1c(-c2nc(Nc3ccccc3)nc(N(CCO)CCO)n2)ccc(C=Cc2ccc(-c3nc(Nc4ccccc4)nc(N(CCO)CCO)n3)cc2S(=O)(=O)[O-])c1S(=O)(=O)[O-].[Na+].[Na+]. The Morgan fingerprint density at radius 1 is 0.569 bits per heavy atom. The molecule has 25 heteroatoms. The summed E-state index contributed by atoms with van der Waals surface area (Å²) in [6, 6.07) is 23.8. The zero-order chi connectivity index (χ0) is 45.1. The summed E-state index contributed by atoms with van der Waals surface area (Å²) in [4.78, 5) is 27.8. The number of aliphatic hydroxyl groups excluding tert-OH is 4. The Bertz CT molecular complexity index is 2790. The summed E-state index contributed by atoms with van der Waals surface area (Å²) in [5, 5.41) is 44.7. The zero-order valence-corrected chi connectivity index (χ0v) is 40.8. The fourth-order valence-corrected chi connectivity index (χ4v) is 7.71. The average molecular weight is 946 g/mol. The Balaban J connectivity index is 0.00000462. The van der Waals surface area contributed by atoms with Gasteiger partial charge < -0.3 is 55.7 Å². The van der Waals surface area contributed by atoms with E-state index in [2.05, 4.69) is 40.5 Å². The molecule has 0 aliphatic carbocycles. The smallest absolute Gasteiger partial charge is 0.744 e. The summed E-state index contributed by atoms with van der Waals surface area (Å²) in [5.41, 5.74) is 6.51. The van der Waals surface area contributed by atoms with Crippen molar-refractivity contribution in [3.63, 3.8) is 0 Å². The Kier molecular flexibility index (Phi) is 19.7. The Hall–Kier alpha value is -4.70. The monoisotopic (exact) mass is 945 g/mol. The number of rotatable bonds is 20. The molecule has 65 heavy (non-hydrogen) atoms. The topological polar surface area (TPSA) is 329 Å². The molecule has 0 atom stereocenters. The van der Waals surface area contributed by atoms with Crippen molar-refractivity contribution in [1.82, 2.24) is 29.9 Å². The average Bonchev–Trinajstić information content (AvgIpc) is 3.25. The third-order valence-electron chi connectivity index (χ3n) is 9.05. The van der Waals surface area contributed by atoms with Gasteiger partial charge in [0.2, 0.25) is 23.8 Å². The second-order valence-corrected chi connectivity index (χ2v) is 16.0. The molecule has 2 aromatic heterocycles. The molecule has 0 spiro atoms. The minimum Gasteiger partial charge on any atom is -0.744 e. The molecule has 21 nitrogen and oxygen atoms in total. The van der Waals surface area contributed by atoms with E-state index in [0.29, 0.717) is 11.4 Å². The van der Waals surface area contributed by atoms with E-state index in [1.54, 1.807) is 60.7 Å². The van der Waals surface area contributed by atoms with Gasteiger partial charge in [0.1, 0.15) is 20.2 Å². The van der Waals surface area contributed by atoms with Crippen LogP contribution < -0.4 is 85.3 Å². The first kappa shape index (κ1) is 52.9. The molecule has 330 valence electrons. The van der Waals surface area contributed by atoms with Crippen molar-refractivity contribution in [1.29, 1.82) is 0 Å². The molecule has 0 bridgehead atoms. The van der Waals surface area contributed by atoms with E-state index in [1.165, 1.54) is 34.1 Å². The van der Waals surface area contributed by atoms with E-state index in [0.717, 1.165) is 18.2 Å². The molecule has 4 aromatic carbocycles. The number of aliphatic hydroxyl groups is 4. The molecule has 2 heterocycles. The van der Waals surface area contributed by atoms with Crippen LogP contribution in [0.4, 0.5) is 40.9 Å².